The van der Waals surface area contributed by atoms with Crippen LogP contribution in [0.15, 0.2) is 24.3 Å². The standard InChI is InChI=1S/C16H25NO2/c1-5-17-14-10-15(16(14)18-4)19-13-8-6-12(7-9-13)11(2)3/h6-9,11,14-17H,5,10H2,1-4H3. The van der Waals surface area contributed by atoms with Gasteiger partial charge in [0, 0.05) is 19.6 Å². The lowest BCUT2D eigenvalue weighted by Gasteiger charge is -2.43. The van der Waals surface area contributed by atoms with Gasteiger partial charge in [-0.25, -0.2) is 0 Å². The number of hydrogen-bond donors (Lipinski definition) is 1. The number of nitrogens with one attached hydrogen (secondary N) is 1. The first-order valence-corrected chi connectivity index (χ1v) is 7.18. The topological polar surface area (TPSA) is 30.5 Å². The summed E-state index contributed by atoms with van der Waals surface area (Å²) in [6, 6.07) is 8.82. The van der Waals surface area contributed by atoms with Gasteiger partial charge in [0.1, 0.15) is 18.0 Å². The Kier molecular flexibility index (Phi) is 4.83. The second kappa shape index (κ2) is 6.40. The van der Waals surface area contributed by atoms with Crippen molar-refractivity contribution in [2.24, 2.45) is 0 Å². The molecule has 0 aromatic heterocycles. The number of benzene rings is 1. The van der Waals surface area contributed by atoms with E-state index in [0.717, 1.165) is 18.7 Å². The fourth-order valence-electron chi connectivity index (χ4n) is 2.58. The minimum absolute atomic E-state index is 0.157. The van der Waals surface area contributed by atoms with Gasteiger partial charge in [-0.15, -0.1) is 0 Å². The average Bonchev–Trinajstić information content (AvgIpc) is 2.38. The monoisotopic (exact) mass is 263 g/mol. The van der Waals surface area contributed by atoms with E-state index in [9.17, 15) is 0 Å². The highest BCUT2D eigenvalue weighted by molar-refractivity contribution is 5.29. The van der Waals surface area contributed by atoms with Gasteiger partial charge in [-0.3, -0.25) is 0 Å². The van der Waals surface area contributed by atoms with Crippen LogP contribution < -0.4 is 10.1 Å². The third-order valence-corrected chi connectivity index (χ3v) is 3.82. The Hall–Kier alpha value is -1.06. The summed E-state index contributed by atoms with van der Waals surface area (Å²) in [4.78, 5) is 0. The average molecular weight is 263 g/mol. The van der Waals surface area contributed by atoms with Crippen molar-refractivity contribution in [1.82, 2.24) is 5.32 Å². The smallest absolute Gasteiger partial charge is 0.128 e. The van der Waals surface area contributed by atoms with Crippen molar-refractivity contribution in [2.75, 3.05) is 13.7 Å². The SMILES string of the molecule is CCNC1CC(Oc2ccc(C(C)C)cc2)C1OC. The highest BCUT2D eigenvalue weighted by Crippen LogP contribution is 2.29. The zero-order valence-corrected chi connectivity index (χ0v) is 12.3. The first kappa shape index (κ1) is 14.4. The second-order valence-electron chi connectivity index (χ2n) is 5.48. The molecular formula is C16H25NO2. The van der Waals surface area contributed by atoms with E-state index in [2.05, 4.69) is 50.4 Å². The number of methoxy groups -OCH3 is 1. The molecule has 1 aromatic rings. The summed E-state index contributed by atoms with van der Waals surface area (Å²) in [6.07, 6.45) is 1.34. The second-order valence-corrected chi connectivity index (χ2v) is 5.48. The molecular weight excluding hydrogens is 238 g/mol. The van der Waals surface area contributed by atoms with Gasteiger partial charge in [0.25, 0.3) is 0 Å². The first-order valence-electron chi connectivity index (χ1n) is 7.18. The Morgan fingerprint density at radius 3 is 2.47 bits per heavy atom. The quantitative estimate of drug-likeness (QED) is 0.856. The van der Waals surface area contributed by atoms with E-state index in [0.29, 0.717) is 12.0 Å². The highest BCUT2D eigenvalue weighted by Gasteiger charge is 2.42. The maximum Gasteiger partial charge on any atom is 0.128 e. The lowest BCUT2D eigenvalue weighted by Crippen LogP contribution is -2.60. The Morgan fingerprint density at radius 1 is 1.26 bits per heavy atom. The van der Waals surface area contributed by atoms with Crippen LogP contribution in [0.5, 0.6) is 5.75 Å². The molecule has 1 aliphatic rings. The Bertz CT molecular complexity index is 388. The summed E-state index contributed by atoms with van der Waals surface area (Å²) in [5.74, 6) is 1.49. The van der Waals surface area contributed by atoms with Crippen LogP contribution in [0.1, 0.15) is 38.7 Å². The Labute approximate surface area is 116 Å². The molecule has 1 saturated carbocycles. The van der Waals surface area contributed by atoms with Crippen LogP contribution in [0.25, 0.3) is 0 Å². The zero-order chi connectivity index (χ0) is 13.8. The van der Waals surface area contributed by atoms with E-state index < -0.39 is 0 Å². The molecule has 0 aliphatic heterocycles. The van der Waals surface area contributed by atoms with Crippen LogP contribution in [-0.4, -0.2) is 31.9 Å². The lowest BCUT2D eigenvalue weighted by molar-refractivity contribution is -0.0884. The van der Waals surface area contributed by atoms with Gasteiger partial charge in [-0.05, 0) is 30.2 Å². The molecule has 1 aliphatic carbocycles. The summed E-state index contributed by atoms with van der Waals surface area (Å²) in [6.45, 7) is 7.49. The van der Waals surface area contributed by atoms with Crippen LogP contribution in [0.3, 0.4) is 0 Å². The first-order chi connectivity index (χ1) is 9.15. The van der Waals surface area contributed by atoms with E-state index in [4.69, 9.17) is 9.47 Å². The summed E-state index contributed by atoms with van der Waals surface area (Å²) in [7, 11) is 1.76. The predicted octanol–water partition coefficient (Wildman–Crippen LogP) is 2.95. The van der Waals surface area contributed by atoms with Gasteiger partial charge in [0.2, 0.25) is 0 Å². The summed E-state index contributed by atoms with van der Waals surface area (Å²) in [5, 5.41) is 3.42. The number of hydrogen-bond acceptors (Lipinski definition) is 3. The fraction of sp³-hybridized carbons (Fsp3) is 0.625. The van der Waals surface area contributed by atoms with E-state index in [1.165, 1.54) is 5.56 Å². The molecule has 0 spiro atoms. The van der Waals surface area contributed by atoms with Gasteiger partial charge < -0.3 is 14.8 Å². The van der Waals surface area contributed by atoms with Crippen molar-refractivity contribution in [2.45, 2.75) is 51.4 Å². The van der Waals surface area contributed by atoms with Gasteiger partial charge >= 0.3 is 0 Å². The predicted molar refractivity (Wildman–Crippen MR) is 77.8 cm³/mol. The molecule has 1 N–H and O–H groups in total. The third-order valence-electron chi connectivity index (χ3n) is 3.82. The molecule has 0 amide bonds. The zero-order valence-electron chi connectivity index (χ0n) is 12.3. The molecule has 3 nitrogen and oxygen atoms in total. The van der Waals surface area contributed by atoms with E-state index in [1.807, 2.05) is 0 Å². The van der Waals surface area contributed by atoms with Gasteiger partial charge in [0.15, 0.2) is 0 Å². The molecule has 3 unspecified atom stereocenters. The highest BCUT2D eigenvalue weighted by atomic mass is 16.5. The Morgan fingerprint density at radius 2 is 1.95 bits per heavy atom. The Balaban J connectivity index is 1.91. The van der Waals surface area contributed by atoms with Crippen LogP contribution >= 0.6 is 0 Å². The van der Waals surface area contributed by atoms with Crippen molar-refractivity contribution >= 4 is 0 Å². The van der Waals surface area contributed by atoms with E-state index in [-0.39, 0.29) is 12.2 Å². The number of likely N-dealkylation sites (N-methyl/N-ethyl adjacent to an activating group) is 1. The van der Waals surface area contributed by atoms with Gasteiger partial charge in [-0.1, -0.05) is 32.9 Å². The van der Waals surface area contributed by atoms with Crippen molar-refractivity contribution in [3.63, 3.8) is 0 Å². The fourth-order valence-corrected chi connectivity index (χ4v) is 2.58. The molecule has 106 valence electrons. The van der Waals surface area contributed by atoms with Gasteiger partial charge in [0.05, 0.1) is 0 Å². The molecule has 1 aromatic carbocycles. The van der Waals surface area contributed by atoms with Crippen LogP contribution in [-0.2, 0) is 4.74 Å². The number of rotatable bonds is 6. The maximum absolute atomic E-state index is 6.00. The summed E-state index contributed by atoms with van der Waals surface area (Å²) < 4.78 is 11.5. The normalized spacial score (nSPS) is 26.3. The van der Waals surface area contributed by atoms with Gasteiger partial charge in [-0.2, -0.15) is 0 Å². The molecule has 1 fully saturated rings. The summed E-state index contributed by atoms with van der Waals surface area (Å²) in [5.41, 5.74) is 1.34. The molecule has 0 heterocycles. The minimum Gasteiger partial charge on any atom is -0.488 e. The number of ether oxygens (including phenoxy) is 2. The van der Waals surface area contributed by atoms with Crippen molar-refractivity contribution < 1.29 is 9.47 Å². The molecule has 3 atom stereocenters. The van der Waals surface area contributed by atoms with Crippen molar-refractivity contribution in [3.05, 3.63) is 29.8 Å². The molecule has 19 heavy (non-hydrogen) atoms. The van der Waals surface area contributed by atoms with E-state index in [1.54, 1.807) is 7.11 Å². The molecule has 0 radical (unpaired) electrons. The van der Waals surface area contributed by atoms with Crippen LogP contribution in [0.4, 0.5) is 0 Å². The van der Waals surface area contributed by atoms with Crippen LogP contribution in [0.2, 0.25) is 0 Å². The maximum atomic E-state index is 6.00. The molecule has 0 bridgehead atoms. The molecule has 3 heteroatoms. The molecule has 2 rings (SSSR count). The van der Waals surface area contributed by atoms with Crippen molar-refractivity contribution in [1.29, 1.82) is 0 Å². The van der Waals surface area contributed by atoms with Crippen molar-refractivity contribution in [3.8, 4) is 5.75 Å². The van der Waals surface area contributed by atoms with Crippen LogP contribution in [0, 0.1) is 0 Å². The molecule has 0 saturated heterocycles. The summed E-state index contributed by atoms with van der Waals surface area (Å²) >= 11 is 0. The lowest BCUT2D eigenvalue weighted by atomic mass is 9.85. The minimum atomic E-state index is 0.157. The largest absolute Gasteiger partial charge is 0.488 e. The van der Waals surface area contributed by atoms with E-state index >= 15 is 0 Å². The third kappa shape index (κ3) is 3.28.